The molecule has 0 bridgehead atoms. The summed E-state index contributed by atoms with van der Waals surface area (Å²) in [6, 6.07) is 9.92. The molecule has 0 spiro atoms. The lowest BCUT2D eigenvalue weighted by atomic mass is 10.2. The van der Waals surface area contributed by atoms with E-state index in [4.69, 9.17) is 4.74 Å². The summed E-state index contributed by atoms with van der Waals surface area (Å²) in [6.07, 6.45) is 1.53. The zero-order valence-corrected chi connectivity index (χ0v) is 18.9. The van der Waals surface area contributed by atoms with Crippen LogP contribution in [0.5, 0.6) is 11.5 Å². The van der Waals surface area contributed by atoms with Crippen LogP contribution >= 0.6 is 43.6 Å². The van der Waals surface area contributed by atoms with Crippen LogP contribution in [-0.2, 0) is 9.59 Å². The highest BCUT2D eigenvalue weighted by Gasteiger charge is 2.36. The lowest BCUT2D eigenvalue weighted by Gasteiger charge is -2.12. The molecule has 150 valence electrons. The Labute approximate surface area is 187 Å². The number of methoxy groups -OCH3 is 1. The van der Waals surface area contributed by atoms with Crippen LogP contribution in [-0.4, -0.2) is 40.7 Å². The summed E-state index contributed by atoms with van der Waals surface area (Å²) in [5.41, 5.74) is 1.13. The fraction of sp³-hybridized carbons (Fsp3) is 0.105. The molecule has 10 heteroatoms. The molecule has 0 saturated carbocycles. The number of nitrogens with zero attached hydrogens (tertiary/aromatic N) is 1. The molecule has 29 heavy (non-hydrogen) atoms. The monoisotopic (exact) mass is 540 g/mol. The van der Waals surface area contributed by atoms with Crippen LogP contribution in [0.2, 0.25) is 0 Å². The first-order valence-electron chi connectivity index (χ1n) is 8.15. The molecular formula is C19H14Br2N2O5S. The molecule has 1 aliphatic rings. The maximum absolute atomic E-state index is 12.6. The number of carbonyl (C=O) groups is 3. The van der Waals surface area contributed by atoms with Crippen molar-refractivity contribution in [2.45, 2.75) is 0 Å². The summed E-state index contributed by atoms with van der Waals surface area (Å²) in [7, 11) is 1.54. The van der Waals surface area contributed by atoms with Crippen molar-refractivity contribution in [2.24, 2.45) is 0 Å². The Morgan fingerprint density at radius 2 is 1.83 bits per heavy atom. The van der Waals surface area contributed by atoms with Gasteiger partial charge in [-0.3, -0.25) is 19.3 Å². The molecule has 2 aromatic rings. The van der Waals surface area contributed by atoms with Gasteiger partial charge >= 0.3 is 0 Å². The summed E-state index contributed by atoms with van der Waals surface area (Å²) < 4.78 is 5.93. The Kier molecular flexibility index (Phi) is 6.66. The van der Waals surface area contributed by atoms with Crippen LogP contribution in [0.1, 0.15) is 5.56 Å². The van der Waals surface area contributed by atoms with Crippen molar-refractivity contribution in [1.82, 2.24) is 4.90 Å². The minimum Gasteiger partial charge on any atom is -0.506 e. The Balaban J connectivity index is 1.70. The lowest BCUT2D eigenvalue weighted by molar-refractivity contribution is -0.127. The Bertz CT molecular complexity index is 1000. The number of phenols is 1. The molecule has 7 nitrogen and oxygen atoms in total. The highest BCUT2D eigenvalue weighted by Crippen LogP contribution is 2.36. The van der Waals surface area contributed by atoms with Crippen molar-refractivity contribution in [3.63, 3.8) is 0 Å². The van der Waals surface area contributed by atoms with Crippen LogP contribution in [0.4, 0.5) is 10.5 Å². The van der Waals surface area contributed by atoms with Gasteiger partial charge in [-0.05, 0) is 91.7 Å². The summed E-state index contributed by atoms with van der Waals surface area (Å²) >= 11 is 7.19. The topological polar surface area (TPSA) is 95.9 Å². The van der Waals surface area contributed by atoms with Gasteiger partial charge in [0, 0.05) is 5.69 Å². The van der Waals surface area contributed by atoms with Gasteiger partial charge in [-0.25, -0.2) is 0 Å². The second-order valence-electron chi connectivity index (χ2n) is 5.88. The molecule has 0 aliphatic carbocycles. The number of imide groups is 1. The van der Waals surface area contributed by atoms with Crippen molar-refractivity contribution >= 4 is 72.4 Å². The predicted molar refractivity (Wildman–Crippen MR) is 118 cm³/mol. The zero-order chi connectivity index (χ0) is 21.1. The lowest BCUT2D eigenvalue weighted by Crippen LogP contribution is -2.36. The third kappa shape index (κ3) is 5.01. The first-order chi connectivity index (χ1) is 13.8. The highest BCUT2D eigenvalue weighted by molar-refractivity contribution is 9.11. The number of aromatic hydroxyl groups is 1. The van der Waals surface area contributed by atoms with Crippen molar-refractivity contribution < 1.29 is 24.2 Å². The van der Waals surface area contributed by atoms with Crippen molar-refractivity contribution in [1.29, 1.82) is 0 Å². The SMILES string of the molecule is COc1ccc(NC(=O)CN2C(=O)S/C(=C/c3cc(Br)c(O)c(Br)c3)C2=O)cc1. The summed E-state index contributed by atoms with van der Waals surface area (Å²) in [5, 5.41) is 11.9. The van der Waals surface area contributed by atoms with E-state index in [9.17, 15) is 19.5 Å². The molecule has 3 amide bonds. The van der Waals surface area contributed by atoms with E-state index in [2.05, 4.69) is 37.2 Å². The average molecular weight is 542 g/mol. The molecule has 0 aromatic heterocycles. The van der Waals surface area contributed by atoms with Crippen LogP contribution < -0.4 is 10.1 Å². The van der Waals surface area contributed by atoms with Gasteiger partial charge in [0.1, 0.15) is 18.0 Å². The van der Waals surface area contributed by atoms with Gasteiger partial charge in [0.2, 0.25) is 5.91 Å². The van der Waals surface area contributed by atoms with Crippen LogP contribution in [0.25, 0.3) is 6.08 Å². The minimum atomic E-state index is -0.551. The molecule has 2 N–H and O–H groups in total. The van der Waals surface area contributed by atoms with Gasteiger partial charge < -0.3 is 15.2 Å². The van der Waals surface area contributed by atoms with Gasteiger partial charge in [-0.2, -0.15) is 0 Å². The van der Waals surface area contributed by atoms with Crippen LogP contribution in [0, 0.1) is 0 Å². The predicted octanol–water partition coefficient (Wildman–Crippen LogP) is 4.60. The molecule has 1 saturated heterocycles. The van der Waals surface area contributed by atoms with Gasteiger partial charge in [0.25, 0.3) is 11.1 Å². The van der Waals surface area contributed by atoms with E-state index < -0.39 is 23.6 Å². The number of hydrogen-bond acceptors (Lipinski definition) is 6. The Morgan fingerprint density at radius 1 is 1.21 bits per heavy atom. The van der Waals surface area contributed by atoms with Crippen LogP contribution in [0.3, 0.4) is 0 Å². The highest BCUT2D eigenvalue weighted by atomic mass is 79.9. The number of phenolic OH excluding ortho intramolecular Hbond substituents is 1. The first-order valence-corrected chi connectivity index (χ1v) is 10.6. The van der Waals surface area contributed by atoms with Crippen molar-refractivity contribution in [2.75, 3.05) is 19.0 Å². The smallest absolute Gasteiger partial charge is 0.294 e. The Hall–Kier alpha value is -2.30. The van der Waals surface area contributed by atoms with Crippen molar-refractivity contribution in [3.8, 4) is 11.5 Å². The number of halogens is 2. The van der Waals surface area contributed by atoms with Gasteiger partial charge in [-0.15, -0.1) is 0 Å². The molecule has 0 unspecified atom stereocenters. The third-order valence-electron chi connectivity index (χ3n) is 3.89. The number of anilines is 1. The number of amides is 3. The molecular weight excluding hydrogens is 528 g/mol. The third-order valence-corrected chi connectivity index (χ3v) is 6.00. The second-order valence-corrected chi connectivity index (χ2v) is 8.58. The largest absolute Gasteiger partial charge is 0.506 e. The van der Waals surface area contributed by atoms with Crippen LogP contribution in [0.15, 0.2) is 50.2 Å². The molecule has 1 aliphatic heterocycles. The molecule has 0 radical (unpaired) electrons. The number of ether oxygens (including phenoxy) is 1. The summed E-state index contributed by atoms with van der Waals surface area (Å²) in [4.78, 5) is 38.1. The standard InChI is InChI=1S/C19H14Br2N2O5S/c1-28-12-4-2-11(3-5-12)22-16(24)9-23-18(26)15(29-19(23)27)8-10-6-13(20)17(25)14(21)7-10/h2-8,25H,9H2,1H3,(H,22,24)/b15-8+. The normalized spacial score (nSPS) is 15.1. The summed E-state index contributed by atoms with van der Waals surface area (Å²) in [5.74, 6) is -0.365. The molecule has 1 fully saturated rings. The van der Waals surface area contributed by atoms with E-state index in [0.717, 1.165) is 16.7 Å². The van der Waals surface area contributed by atoms with Crippen molar-refractivity contribution in [3.05, 3.63) is 55.8 Å². The maximum atomic E-state index is 12.6. The van der Waals surface area contributed by atoms with Gasteiger partial charge in [0.05, 0.1) is 21.0 Å². The van der Waals surface area contributed by atoms with E-state index in [1.165, 1.54) is 13.2 Å². The fourth-order valence-corrected chi connectivity index (χ4v) is 4.53. The van der Waals surface area contributed by atoms with Gasteiger partial charge in [-0.1, -0.05) is 0 Å². The van der Waals surface area contributed by atoms with E-state index in [1.807, 2.05) is 0 Å². The number of rotatable bonds is 5. The first kappa shape index (κ1) is 21.4. The number of nitrogens with one attached hydrogen (secondary N) is 1. The molecule has 1 heterocycles. The van der Waals surface area contributed by atoms with E-state index >= 15 is 0 Å². The number of benzene rings is 2. The number of carbonyl (C=O) groups excluding carboxylic acids is 3. The molecule has 0 atom stereocenters. The second kappa shape index (κ2) is 9.02. The van der Waals surface area contributed by atoms with Gasteiger partial charge in [0.15, 0.2) is 0 Å². The summed E-state index contributed by atoms with van der Waals surface area (Å²) in [6.45, 7) is -0.392. The quantitative estimate of drug-likeness (QED) is 0.537. The maximum Gasteiger partial charge on any atom is 0.294 e. The molecule has 2 aromatic carbocycles. The number of hydrogen-bond donors (Lipinski definition) is 2. The average Bonchev–Trinajstić information content (AvgIpc) is 2.94. The molecule has 3 rings (SSSR count). The van der Waals surface area contributed by atoms with E-state index in [1.54, 1.807) is 36.4 Å². The zero-order valence-electron chi connectivity index (χ0n) is 14.9. The number of thioether (sulfide) groups is 1. The van der Waals surface area contributed by atoms with E-state index in [0.29, 0.717) is 25.9 Å². The fourth-order valence-electron chi connectivity index (χ4n) is 2.47. The Morgan fingerprint density at radius 3 is 2.41 bits per heavy atom. The van der Waals surface area contributed by atoms with E-state index in [-0.39, 0.29) is 10.7 Å². The minimum absolute atomic E-state index is 0.0328.